The summed E-state index contributed by atoms with van der Waals surface area (Å²) in [4.78, 5) is 1.83. The van der Waals surface area contributed by atoms with E-state index in [1.165, 1.54) is 11.1 Å². The van der Waals surface area contributed by atoms with Crippen molar-refractivity contribution in [2.45, 2.75) is 22.5 Å². The third-order valence-corrected chi connectivity index (χ3v) is 5.24. The van der Waals surface area contributed by atoms with Crippen LogP contribution >= 0.6 is 0 Å². The van der Waals surface area contributed by atoms with Gasteiger partial charge in [0, 0.05) is 10.5 Å². The van der Waals surface area contributed by atoms with Crippen LogP contribution in [0.3, 0.4) is 0 Å². The van der Waals surface area contributed by atoms with Crippen molar-refractivity contribution in [2.75, 3.05) is 12.5 Å². The summed E-state index contributed by atoms with van der Waals surface area (Å²) in [6, 6.07) is 16.0. The molecule has 2 rings (SSSR count). The molecule has 0 saturated carbocycles. The minimum Gasteiger partial charge on any atom is -1.00 e. The Morgan fingerprint density at radius 1 is 1.00 bits per heavy atom. The standard InChI is InChI=1S/C16H19OS2.BrH/c1-13-8-10-15(11-9-13)19(17)16-7-5-4-6-14(16)12-18(2)3;/h4-11H,12H2,1-3H3;1H/q+1;/p-1/t19-;/m0./s1. The van der Waals surface area contributed by atoms with Crippen LogP contribution in [0.25, 0.3) is 0 Å². The van der Waals surface area contributed by atoms with E-state index in [0.717, 1.165) is 15.5 Å². The van der Waals surface area contributed by atoms with Gasteiger partial charge < -0.3 is 17.0 Å². The van der Waals surface area contributed by atoms with Crippen LogP contribution in [-0.4, -0.2) is 16.7 Å². The van der Waals surface area contributed by atoms with Gasteiger partial charge >= 0.3 is 0 Å². The molecule has 0 spiro atoms. The maximum atomic E-state index is 12.7. The molecule has 108 valence electrons. The molecule has 0 amide bonds. The van der Waals surface area contributed by atoms with Crippen molar-refractivity contribution >= 4 is 21.7 Å². The molecule has 0 aromatic heterocycles. The average Bonchev–Trinajstić information content (AvgIpc) is 2.39. The average molecular weight is 371 g/mol. The van der Waals surface area contributed by atoms with Gasteiger partial charge in [-0.2, -0.15) is 0 Å². The number of benzene rings is 2. The van der Waals surface area contributed by atoms with Gasteiger partial charge in [-0.3, -0.25) is 0 Å². The topological polar surface area (TPSA) is 17.1 Å². The molecule has 20 heavy (non-hydrogen) atoms. The normalized spacial score (nSPS) is 12.0. The van der Waals surface area contributed by atoms with Crippen molar-refractivity contribution in [1.82, 2.24) is 0 Å². The Balaban J connectivity index is 0.00000200. The molecule has 0 aliphatic heterocycles. The van der Waals surface area contributed by atoms with Gasteiger partial charge in [0.15, 0.2) is 0 Å². The molecule has 4 heteroatoms. The van der Waals surface area contributed by atoms with E-state index in [1.54, 1.807) is 0 Å². The van der Waals surface area contributed by atoms with E-state index < -0.39 is 10.8 Å². The second kappa shape index (κ2) is 8.01. The van der Waals surface area contributed by atoms with Crippen LogP contribution in [0.2, 0.25) is 0 Å². The van der Waals surface area contributed by atoms with Gasteiger partial charge in [0.05, 0.1) is 28.2 Å². The highest BCUT2D eigenvalue weighted by molar-refractivity contribution is 7.94. The van der Waals surface area contributed by atoms with Crippen LogP contribution < -0.4 is 17.0 Å². The molecule has 0 fully saturated rings. The van der Waals surface area contributed by atoms with Gasteiger partial charge in [0.2, 0.25) is 0 Å². The first kappa shape index (κ1) is 17.5. The predicted molar refractivity (Wildman–Crippen MR) is 85.2 cm³/mol. The minimum atomic E-state index is -1.08. The highest BCUT2D eigenvalue weighted by Gasteiger charge is 2.15. The molecule has 0 bridgehead atoms. The van der Waals surface area contributed by atoms with Gasteiger partial charge in [-0.05, 0) is 36.0 Å². The van der Waals surface area contributed by atoms with E-state index in [9.17, 15) is 4.21 Å². The molecule has 2 aromatic rings. The zero-order valence-electron chi connectivity index (χ0n) is 11.9. The zero-order valence-corrected chi connectivity index (χ0v) is 15.1. The van der Waals surface area contributed by atoms with E-state index in [2.05, 4.69) is 18.6 Å². The van der Waals surface area contributed by atoms with E-state index in [4.69, 9.17) is 0 Å². The molecule has 0 radical (unpaired) electrons. The second-order valence-electron chi connectivity index (χ2n) is 4.82. The molecular weight excluding hydrogens is 352 g/mol. The van der Waals surface area contributed by atoms with Crippen LogP contribution in [0.4, 0.5) is 0 Å². The SMILES string of the molecule is Cc1ccc([S@](=O)c2ccccc2C[S+](C)C)cc1.[Br-]. The van der Waals surface area contributed by atoms with Crippen molar-refractivity contribution in [1.29, 1.82) is 0 Å². The number of hydrogen-bond acceptors (Lipinski definition) is 1. The molecular formula is C16H19BrOS2. The van der Waals surface area contributed by atoms with E-state index >= 15 is 0 Å². The highest BCUT2D eigenvalue weighted by Crippen LogP contribution is 2.22. The first-order valence-electron chi connectivity index (χ1n) is 6.18. The molecule has 1 nitrogen and oxygen atoms in total. The zero-order chi connectivity index (χ0) is 13.8. The Kier molecular flexibility index (Phi) is 7.00. The smallest absolute Gasteiger partial charge is 0.133 e. The Labute approximate surface area is 137 Å². The quantitative estimate of drug-likeness (QED) is 0.718. The van der Waals surface area contributed by atoms with Crippen molar-refractivity contribution in [3.05, 3.63) is 59.7 Å². The van der Waals surface area contributed by atoms with Crippen LogP contribution in [0, 0.1) is 6.92 Å². The first-order valence-corrected chi connectivity index (χ1v) is 9.54. The lowest BCUT2D eigenvalue weighted by Crippen LogP contribution is -3.00. The third-order valence-electron chi connectivity index (χ3n) is 2.85. The monoisotopic (exact) mass is 370 g/mol. The first-order chi connectivity index (χ1) is 9.08. The van der Waals surface area contributed by atoms with E-state index in [1.807, 2.05) is 49.4 Å². The molecule has 1 atom stereocenters. The molecule has 0 aliphatic rings. The maximum Gasteiger partial charge on any atom is 0.133 e. The molecule has 0 N–H and O–H groups in total. The second-order valence-corrected chi connectivity index (χ2v) is 8.53. The summed E-state index contributed by atoms with van der Waals surface area (Å²) in [5.74, 6) is 0.994. The van der Waals surface area contributed by atoms with Gasteiger partial charge in [-0.15, -0.1) is 0 Å². The molecule has 2 aromatic carbocycles. The predicted octanol–water partition coefficient (Wildman–Crippen LogP) is 0.544. The van der Waals surface area contributed by atoms with Crippen molar-refractivity contribution < 1.29 is 21.2 Å². The summed E-state index contributed by atoms with van der Waals surface area (Å²) in [5, 5.41) is 0. The molecule has 0 unspecified atom stereocenters. The number of hydrogen-bond donors (Lipinski definition) is 0. The molecule has 0 saturated heterocycles. The largest absolute Gasteiger partial charge is 1.00 e. The Bertz CT molecular complexity index is 579. The van der Waals surface area contributed by atoms with Crippen LogP contribution in [0.15, 0.2) is 58.3 Å². The lowest BCUT2D eigenvalue weighted by Gasteiger charge is -2.08. The van der Waals surface area contributed by atoms with Gasteiger partial charge in [0.25, 0.3) is 0 Å². The Morgan fingerprint density at radius 2 is 1.60 bits per heavy atom. The summed E-state index contributed by atoms with van der Waals surface area (Å²) >= 11 is 0. The fourth-order valence-electron chi connectivity index (χ4n) is 1.90. The number of rotatable bonds is 4. The summed E-state index contributed by atoms with van der Waals surface area (Å²) in [6.45, 7) is 2.04. The van der Waals surface area contributed by atoms with Crippen molar-refractivity contribution in [3.8, 4) is 0 Å². The Hall–Kier alpha value is -0.580. The van der Waals surface area contributed by atoms with Crippen LogP contribution in [-0.2, 0) is 27.4 Å². The van der Waals surface area contributed by atoms with Crippen molar-refractivity contribution in [2.24, 2.45) is 0 Å². The van der Waals surface area contributed by atoms with E-state index in [0.29, 0.717) is 10.9 Å². The Morgan fingerprint density at radius 3 is 2.20 bits per heavy atom. The summed E-state index contributed by atoms with van der Waals surface area (Å²) in [6.07, 6.45) is 4.43. The number of aryl methyl sites for hydroxylation is 1. The fraction of sp³-hybridized carbons (Fsp3) is 0.250. The van der Waals surface area contributed by atoms with Gasteiger partial charge in [-0.25, -0.2) is 4.21 Å². The van der Waals surface area contributed by atoms with Crippen molar-refractivity contribution in [3.63, 3.8) is 0 Å². The van der Waals surface area contributed by atoms with Crippen LogP contribution in [0.5, 0.6) is 0 Å². The summed E-state index contributed by atoms with van der Waals surface area (Å²) < 4.78 is 12.7. The molecule has 0 heterocycles. The fourth-order valence-corrected chi connectivity index (χ4v) is 4.09. The third kappa shape index (κ3) is 4.47. The van der Waals surface area contributed by atoms with Crippen LogP contribution in [0.1, 0.15) is 11.1 Å². The van der Waals surface area contributed by atoms with Gasteiger partial charge in [-0.1, -0.05) is 35.9 Å². The minimum absolute atomic E-state index is 0. The lowest BCUT2D eigenvalue weighted by atomic mass is 10.2. The van der Waals surface area contributed by atoms with E-state index in [-0.39, 0.29) is 17.0 Å². The molecule has 0 aliphatic carbocycles. The van der Waals surface area contributed by atoms with Gasteiger partial charge in [0.1, 0.15) is 5.75 Å². The lowest BCUT2D eigenvalue weighted by molar-refractivity contribution is -0.00000512. The number of halogens is 1. The highest BCUT2D eigenvalue weighted by atomic mass is 79.9. The summed E-state index contributed by atoms with van der Waals surface area (Å²) in [5.41, 5.74) is 2.40. The maximum absolute atomic E-state index is 12.7. The summed E-state index contributed by atoms with van der Waals surface area (Å²) in [7, 11) is -0.766.